The predicted molar refractivity (Wildman–Crippen MR) is 49.0 cm³/mol. The molecular formula is C9H14F3NO3. The molecule has 0 aromatic carbocycles. The van der Waals surface area contributed by atoms with Crippen molar-refractivity contribution < 1.29 is 27.8 Å². The van der Waals surface area contributed by atoms with Crippen molar-refractivity contribution in [3.05, 3.63) is 0 Å². The van der Waals surface area contributed by atoms with Crippen molar-refractivity contribution in [1.29, 1.82) is 0 Å². The minimum atomic E-state index is -4.43. The van der Waals surface area contributed by atoms with Crippen LogP contribution in [-0.2, 0) is 9.53 Å². The van der Waals surface area contributed by atoms with Crippen LogP contribution in [0, 0.1) is 5.92 Å². The first-order chi connectivity index (χ1) is 7.32. The molecule has 0 aromatic heterocycles. The normalized spacial score (nSPS) is 20.5. The Kier molecular flexibility index (Phi) is 3.80. The Morgan fingerprint density at radius 1 is 1.50 bits per heavy atom. The lowest BCUT2D eigenvalue weighted by Crippen LogP contribution is -2.59. The van der Waals surface area contributed by atoms with E-state index in [4.69, 9.17) is 9.84 Å². The van der Waals surface area contributed by atoms with Crippen LogP contribution in [-0.4, -0.2) is 43.1 Å². The van der Waals surface area contributed by atoms with Crippen LogP contribution < -0.4 is 5.32 Å². The zero-order chi connectivity index (χ0) is 12.4. The Morgan fingerprint density at radius 2 is 2.06 bits per heavy atom. The molecule has 16 heavy (non-hydrogen) atoms. The van der Waals surface area contributed by atoms with E-state index in [-0.39, 0.29) is 12.5 Å². The van der Waals surface area contributed by atoms with Gasteiger partial charge in [0.15, 0.2) is 0 Å². The zero-order valence-electron chi connectivity index (χ0n) is 8.80. The number of aliphatic carboxylic acids is 1. The quantitative estimate of drug-likeness (QED) is 0.729. The predicted octanol–water partition coefficient (Wildman–Crippen LogP) is 1.02. The fourth-order valence-electron chi connectivity index (χ4n) is 1.69. The van der Waals surface area contributed by atoms with Crippen LogP contribution in [0.5, 0.6) is 0 Å². The highest BCUT2D eigenvalue weighted by atomic mass is 19.4. The molecule has 1 aliphatic rings. The number of rotatable bonds is 6. The molecular weight excluding hydrogens is 227 g/mol. The van der Waals surface area contributed by atoms with Gasteiger partial charge in [0.05, 0.1) is 13.2 Å². The van der Waals surface area contributed by atoms with Crippen molar-refractivity contribution in [2.75, 3.05) is 20.3 Å². The van der Waals surface area contributed by atoms with Crippen LogP contribution in [0.25, 0.3) is 0 Å². The first-order valence-corrected chi connectivity index (χ1v) is 4.86. The van der Waals surface area contributed by atoms with Gasteiger partial charge in [0.25, 0.3) is 0 Å². The van der Waals surface area contributed by atoms with Gasteiger partial charge < -0.3 is 9.84 Å². The molecule has 4 nitrogen and oxygen atoms in total. The molecule has 1 atom stereocenters. The molecule has 0 amide bonds. The van der Waals surface area contributed by atoms with Crippen LogP contribution in [0.15, 0.2) is 0 Å². The van der Waals surface area contributed by atoms with Crippen molar-refractivity contribution in [2.45, 2.75) is 24.6 Å². The van der Waals surface area contributed by atoms with E-state index in [9.17, 15) is 18.0 Å². The van der Waals surface area contributed by atoms with Crippen LogP contribution >= 0.6 is 0 Å². The number of hydrogen-bond acceptors (Lipinski definition) is 3. The minimum absolute atomic E-state index is 0.261. The first kappa shape index (κ1) is 13.2. The summed E-state index contributed by atoms with van der Waals surface area (Å²) in [6.07, 6.45) is -3.20. The van der Waals surface area contributed by atoms with Gasteiger partial charge in [-0.2, -0.15) is 13.2 Å². The molecule has 0 heterocycles. The molecule has 0 aliphatic heterocycles. The number of alkyl halides is 3. The second kappa shape index (κ2) is 4.58. The van der Waals surface area contributed by atoms with Gasteiger partial charge in [-0.05, 0) is 18.8 Å². The van der Waals surface area contributed by atoms with Gasteiger partial charge in [-0.1, -0.05) is 0 Å². The van der Waals surface area contributed by atoms with Crippen molar-refractivity contribution >= 4 is 5.97 Å². The van der Waals surface area contributed by atoms with E-state index in [2.05, 4.69) is 5.32 Å². The summed E-state index contributed by atoms with van der Waals surface area (Å²) in [6, 6.07) is 0. The highest BCUT2D eigenvalue weighted by molar-refractivity contribution is 5.80. The molecule has 94 valence electrons. The third-order valence-electron chi connectivity index (χ3n) is 2.63. The minimum Gasteiger partial charge on any atom is -0.480 e. The van der Waals surface area contributed by atoms with Crippen LogP contribution in [0.2, 0.25) is 0 Å². The van der Waals surface area contributed by atoms with E-state index >= 15 is 0 Å². The lowest BCUT2D eigenvalue weighted by Gasteiger charge is -2.30. The lowest BCUT2D eigenvalue weighted by molar-refractivity contribution is -0.154. The topological polar surface area (TPSA) is 58.6 Å². The van der Waals surface area contributed by atoms with Gasteiger partial charge in [-0.25, -0.2) is 0 Å². The second-order valence-electron chi connectivity index (χ2n) is 3.95. The highest BCUT2D eigenvalue weighted by Gasteiger charge is 2.52. The molecule has 1 unspecified atom stereocenters. The number of carbonyl (C=O) groups is 1. The lowest BCUT2D eigenvalue weighted by atomic mass is 9.94. The summed E-state index contributed by atoms with van der Waals surface area (Å²) in [7, 11) is 1.27. The first-order valence-electron chi connectivity index (χ1n) is 4.86. The van der Waals surface area contributed by atoms with Gasteiger partial charge in [0, 0.05) is 7.11 Å². The molecule has 0 aromatic rings. The van der Waals surface area contributed by atoms with Gasteiger partial charge in [-0.15, -0.1) is 0 Å². The molecule has 1 saturated carbocycles. The third-order valence-corrected chi connectivity index (χ3v) is 2.63. The Bertz CT molecular complexity index is 265. The number of nitrogens with one attached hydrogen (secondary N) is 1. The largest absolute Gasteiger partial charge is 0.480 e. The van der Waals surface area contributed by atoms with Gasteiger partial charge in [0.1, 0.15) is 5.54 Å². The number of hydrogen-bond donors (Lipinski definition) is 2. The van der Waals surface area contributed by atoms with Crippen molar-refractivity contribution in [1.82, 2.24) is 5.32 Å². The summed E-state index contributed by atoms with van der Waals surface area (Å²) in [6.45, 7) is -1.58. The van der Waals surface area contributed by atoms with E-state index in [0.717, 1.165) is 0 Å². The average molecular weight is 241 g/mol. The van der Waals surface area contributed by atoms with E-state index in [1.165, 1.54) is 7.11 Å². The molecule has 1 fully saturated rings. The Labute approximate surface area is 90.8 Å². The molecule has 0 spiro atoms. The summed E-state index contributed by atoms with van der Waals surface area (Å²) >= 11 is 0. The SMILES string of the molecule is COCC(NCC(F)(F)F)(C(=O)O)C1CC1. The molecule has 1 rings (SSSR count). The fraction of sp³-hybridized carbons (Fsp3) is 0.889. The number of carboxylic acid groups (broad SMARTS) is 1. The number of ether oxygens (including phenoxy) is 1. The van der Waals surface area contributed by atoms with Gasteiger partial charge in [-0.3, -0.25) is 10.1 Å². The maximum Gasteiger partial charge on any atom is 0.401 e. The molecule has 0 bridgehead atoms. The summed E-state index contributed by atoms with van der Waals surface area (Å²) in [5.41, 5.74) is -1.61. The third kappa shape index (κ3) is 3.08. The Hall–Kier alpha value is -0.820. The van der Waals surface area contributed by atoms with Crippen molar-refractivity contribution in [2.24, 2.45) is 5.92 Å². The number of carboxylic acids is 1. The van der Waals surface area contributed by atoms with E-state index in [1.807, 2.05) is 0 Å². The molecule has 1 aliphatic carbocycles. The average Bonchev–Trinajstić information content (AvgIpc) is 2.93. The van der Waals surface area contributed by atoms with E-state index < -0.39 is 24.2 Å². The number of halogens is 3. The second-order valence-corrected chi connectivity index (χ2v) is 3.95. The molecule has 2 N–H and O–H groups in total. The Balaban J connectivity index is 2.72. The highest BCUT2D eigenvalue weighted by Crippen LogP contribution is 2.40. The van der Waals surface area contributed by atoms with Gasteiger partial charge >= 0.3 is 12.1 Å². The summed E-state index contributed by atoms with van der Waals surface area (Å²) in [4.78, 5) is 11.1. The summed E-state index contributed by atoms with van der Waals surface area (Å²) < 4.78 is 41.0. The van der Waals surface area contributed by atoms with Crippen molar-refractivity contribution in [3.63, 3.8) is 0 Å². The fourth-order valence-corrected chi connectivity index (χ4v) is 1.69. The van der Waals surface area contributed by atoms with Crippen LogP contribution in [0.4, 0.5) is 13.2 Å². The molecule has 7 heteroatoms. The summed E-state index contributed by atoms with van der Waals surface area (Å²) in [5.74, 6) is -1.58. The zero-order valence-corrected chi connectivity index (χ0v) is 8.80. The van der Waals surface area contributed by atoms with E-state index in [0.29, 0.717) is 12.8 Å². The van der Waals surface area contributed by atoms with Gasteiger partial charge in [0.2, 0.25) is 0 Å². The standard InChI is InChI=1S/C9H14F3NO3/c1-16-5-8(7(14)15,6-2-3-6)13-4-9(10,11)12/h6,13H,2-5H2,1H3,(H,14,15). The maximum atomic E-state index is 12.1. The van der Waals surface area contributed by atoms with Crippen molar-refractivity contribution in [3.8, 4) is 0 Å². The Morgan fingerprint density at radius 3 is 2.38 bits per heavy atom. The number of methoxy groups -OCH3 is 1. The van der Waals surface area contributed by atoms with Crippen LogP contribution in [0.3, 0.4) is 0 Å². The molecule has 0 radical (unpaired) electrons. The maximum absolute atomic E-state index is 12.1. The smallest absolute Gasteiger partial charge is 0.401 e. The molecule has 0 saturated heterocycles. The summed E-state index contributed by atoms with van der Waals surface area (Å²) in [5, 5.41) is 11.1. The van der Waals surface area contributed by atoms with E-state index in [1.54, 1.807) is 0 Å². The van der Waals surface area contributed by atoms with Crippen LogP contribution in [0.1, 0.15) is 12.8 Å². The monoisotopic (exact) mass is 241 g/mol.